The summed E-state index contributed by atoms with van der Waals surface area (Å²) in [5.41, 5.74) is 1.13. The van der Waals surface area contributed by atoms with Crippen molar-refractivity contribution >= 4 is 0 Å². The molecule has 1 saturated carbocycles. The van der Waals surface area contributed by atoms with E-state index in [2.05, 4.69) is 19.2 Å². The van der Waals surface area contributed by atoms with Crippen LogP contribution in [0.1, 0.15) is 44.7 Å². The lowest BCUT2D eigenvalue weighted by Crippen LogP contribution is -2.19. The molecule has 0 saturated heterocycles. The molecule has 1 aliphatic rings. The van der Waals surface area contributed by atoms with Crippen LogP contribution in [-0.4, -0.2) is 20.3 Å². The van der Waals surface area contributed by atoms with Crippen LogP contribution in [0, 0.1) is 5.92 Å². The van der Waals surface area contributed by atoms with Crippen molar-refractivity contribution in [3.8, 4) is 11.5 Å². The summed E-state index contributed by atoms with van der Waals surface area (Å²) in [4.78, 5) is 0. The minimum Gasteiger partial charge on any atom is -0.496 e. The van der Waals surface area contributed by atoms with Gasteiger partial charge in [0.2, 0.25) is 0 Å². The number of nitrogens with one attached hydrogen (secondary N) is 1. The largest absolute Gasteiger partial charge is 0.496 e. The Morgan fingerprint density at radius 3 is 2.68 bits per heavy atom. The molecular formula is C16H25NO2. The van der Waals surface area contributed by atoms with Crippen LogP contribution in [0.2, 0.25) is 0 Å². The zero-order valence-corrected chi connectivity index (χ0v) is 12.2. The van der Waals surface area contributed by atoms with E-state index in [-0.39, 0.29) is 6.04 Å². The molecule has 1 fully saturated rings. The molecular weight excluding hydrogens is 238 g/mol. The SMILES string of the molecule is CCNC(C)c1c(OC)cccc1OCCC1CC1. The molecule has 2 rings (SSSR count). The van der Waals surface area contributed by atoms with Crippen molar-refractivity contribution in [1.82, 2.24) is 5.32 Å². The van der Waals surface area contributed by atoms with Gasteiger partial charge in [-0.25, -0.2) is 0 Å². The molecule has 0 bridgehead atoms. The molecule has 0 radical (unpaired) electrons. The highest BCUT2D eigenvalue weighted by molar-refractivity contribution is 5.46. The maximum absolute atomic E-state index is 5.98. The minimum atomic E-state index is 0.233. The van der Waals surface area contributed by atoms with Crippen LogP contribution in [0.3, 0.4) is 0 Å². The first kappa shape index (κ1) is 14.2. The second-order valence-electron chi connectivity index (χ2n) is 5.23. The number of rotatable bonds is 8. The zero-order chi connectivity index (χ0) is 13.7. The fourth-order valence-corrected chi connectivity index (χ4v) is 2.40. The van der Waals surface area contributed by atoms with Gasteiger partial charge < -0.3 is 14.8 Å². The molecule has 106 valence electrons. The smallest absolute Gasteiger partial charge is 0.127 e. The predicted molar refractivity (Wildman–Crippen MR) is 77.9 cm³/mol. The van der Waals surface area contributed by atoms with Crippen molar-refractivity contribution in [1.29, 1.82) is 0 Å². The van der Waals surface area contributed by atoms with Gasteiger partial charge >= 0.3 is 0 Å². The Hall–Kier alpha value is -1.22. The third kappa shape index (κ3) is 3.87. The highest BCUT2D eigenvalue weighted by Gasteiger charge is 2.22. The van der Waals surface area contributed by atoms with Gasteiger partial charge in [-0.1, -0.05) is 25.8 Å². The predicted octanol–water partition coefficient (Wildman–Crippen LogP) is 3.54. The fourth-order valence-electron chi connectivity index (χ4n) is 2.40. The molecule has 0 amide bonds. The van der Waals surface area contributed by atoms with Crippen LogP contribution >= 0.6 is 0 Å². The number of methoxy groups -OCH3 is 1. The second kappa shape index (κ2) is 6.80. The van der Waals surface area contributed by atoms with Gasteiger partial charge in [0.15, 0.2) is 0 Å². The highest BCUT2D eigenvalue weighted by atomic mass is 16.5. The van der Waals surface area contributed by atoms with Crippen LogP contribution < -0.4 is 14.8 Å². The first-order chi connectivity index (χ1) is 9.26. The third-order valence-corrected chi connectivity index (χ3v) is 3.67. The van der Waals surface area contributed by atoms with Crippen LogP contribution in [0.15, 0.2) is 18.2 Å². The van der Waals surface area contributed by atoms with Gasteiger partial charge in [0, 0.05) is 6.04 Å². The van der Waals surface area contributed by atoms with Gasteiger partial charge in [-0.15, -0.1) is 0 Å². The molecule has 3 heteroatoms. The lowest BCUT2D eigenvalue weighted by Gasteiger charge is -2.20. The summed E-state index contributed by atoms with van der Waals surface area (Å²) >= 11 is 0. The van der Waals surface area contributed by atoms with E-state index in [0.29, 0.717) is 0 Å². The summed E-state index contributed by atoms with van der Waals surface area (Å²) < 4.78 is 11.5. The average molecular weight is 263 g/mol. The van der Waals surface area contributed by atoms with Crippen LogP contribution in [0.5, 0.6) is 11.5 Å². The molecule has 1 unspecified atom stereocenters. The van der Waals surface area contributed by atoms with E-state index < -0.39 is 0 Å². The van der Waals surface area contributed by atoms with Gasteiger partial charge in [-0.3, -0.25) is 0 Å². The summed E-state index contributed by atoms with van der Waals surface area (Å²) in [7, 11) is 1.71. The van der Waals surface area contributed by atoms with Crippen molar-refractivity contribution in [3.63, 3.8) is 0 Å². The van der Waals surface area contributed by atoms with E-state index in [1.54, 1.807) is 7.11 Å². The fraction of sp³-hybridized carbons (Fsp3) is 0.625. The first-order valence-corrected chi connectivity index (χ1v) is 7.29. The Balaban J connectivity index is 2.09. The van der Waals surface area contributed by atoms with E-state index in [9.17, 15) is 0 Å². The van der Waals surface area contributed by atoms with Crippen molar-refractivity contribution in [2.45, 2.75) is 39.2 Å². The number of hydrogen-bond donors (Lipinski definition) is 1. The van der Waals surface area contributed by atoms with E-state index in [4.69, 9.17) is 9.47 Å². The normalized spacial score (nSPS) is 16.2. The lowest BCUT2D eigenvalue weighted by atomic mass is 10.1. The highest BCUT2D eigenvalue weighted by Crippen LogP contribution is 2.35. The second-order valence-corrected chi connectivity index (χ2v) is 5.23. The molecule has 3 nitrogen and oxygen atoms in total. The molecule has 19 heavy (non-hydrogen) atoms. The van der Waals surface area contributed by atoms with Crippen molar-refractivity contribution in [2.24, 2.45) is 5.92 Å². The molecule has 1 aliphatic carbocycles. The van der Waals surface area contributed by atoms with Gasteiger partial charge in [0.05, 0.1) is 19.3 Å². The number of ether oxygens (including phenoxy) is 2. The van der Waals surface area contributed by atoms with E-state index in [1.807, 2.05) is 18.2 Å². The molecule has 1 N–H and O–H groups in total. The maximum Gasteiger partial charge on any atom is 0.127 e. The van der Waals surface area contributed by atoms with Gasteiger partial charge in [-0.2, -0.15) is 0 Å². The Morgan fingerprint density at radius 2 is 2.05 bits per heavy atom. The third-order valence-electron chi connectivity index (χ3n) is 3.67. The lowest BCUT2D eigenvalue weighted by molar-refractivity contribution is 0.293. The Bertz CT molecular complexity index is 402. The molecule has 0 heterocycles. The molecule has 1 atom stereocenters. The van der Waals surface area contributed by atoms with Crippen molar-refractivity contribution in [2.75, 3.05) is 20.3 Å². The van der Waals surface area contributed by atoms with Gasteiger partial charge in [0.1, 0.15) is 11.5 Å². The monoisotopic (exact) mass is 263 g/mol. The van der Waals surface area contributed by atoms with Crippen molar-refractivity contribution in [3.05, 3.63) is 23.8 Å². The summed E-state index contributed by atoms with van der Waals surface area (Å²) in [6.45, 7) is 6.00. The summed E-state index contributed by atoms with van der Waals surface area (Å²) in [6.07, 6.45) is 3.93. The topological polar surface area (TPSA) is 30.5 Å². The summed E-state index contributed by atoms with van der Waals surface area (Å²) in [5, 5.41) is 3.43. The molecule has 1 aromatic rings. The van der Waals surface area contributed by atoms with Crippen LogP contribution in [0.25, 0.3) is 0 Å². The van der Waals surface area contributed by atoms with E-state index >= 15 is 0 Å². The molecule has 0 spiro atoms. The number of benzene rings is 1. The molecule has 0 aromatic heterocycles. The van der Waals surface area contributed by atoms with Gasteiger partial charge in [0.25, 0.3) is 0 Å². The van der Waals surface area contributed by atoms with Gasteiger partial charge in [-0.05, 0) is 37.9 Å². The Kier molecular flexibility index (Phi) is 5.08. The summed E-state index contributed by atoms with van der Waals surface area (Å²) in [6, 6.07) is 6.26. The Morgan fingerprint density at radius 1 is 1.32 bits per heavy atom. The zero-order valence-electron chi connectivity index (χ0n) is 12.2. The van der Waals surface area contributed by atoms with Crippen LogP contribution in [0.4, 0.5) is 0 Å². The maximum atomic E-state index is 5.98. The molecule has 0 aliphatic heterocycles. The van der Waals surface area contributed by atoms with Crippen LogP contribution in [-0.2, 0) is 0 Å². The van der Waals surface area contributed by atoms with E-state index in [0.717, 1.165) is 36.1 Å². The first-order valence-electron chi connectivity index (χ1n) is 7.29. The van der Waals surface area contributed by atoms with Crippen molar-refractivity contribution < 1.29 is 9.47 Å². The minimum absolute atomic E-state index is 0.233. The average Bonchev–Trinajstić information content (AvgIpc) is 3.22. The summed E-state index contributed by atoms with van der Waals surface area (Å²) in [5.74, 6) is 2.76. The number of hydrogen-bond acceptors (Lipinski definition) is 3. The van der Waals surface area contributed by atoms with E-state index in [1.165, 1.54) is 19.3 Å². The Labute approximate surface area is 116 Å². The quantitative estimate of drug-likeness (QED) is 0.778. The molecule has 1 aromatic carbocycles. The standard InChI is InChI=1S/C16H25NO2/c1-4-17-12(2)16-14(18-3)6-5-7-15(16)19-11-10-13-8-9-13/h5-7,12-13,17H,4,8-11H2,1-3H3.